The molecule has 0 radical (unpaired) electrons. The minimum absolute atomic E-state index is 0.245. The summed E-state index contributed by atoms with van der Waals surface area (Å²) in [5.41, 5.74) is 4.81. The average molecular weight is 404 g/mol. The van der Waals surface area contributed by atoms with Crippen molar-refractivity contribution in [1.29, 1.82) is 0 Å². The lowest BCUT2D eigenvalue weighted by Crippen LogP contribution is -2.27. The summed E-state index contributed by atoms with van der Waals surface area (Å²) >= 11 is 3.55. The molecule has 2 atom stereocenters. The average Bonchev–Trinajstić information content (AvgIpc) is 3.07. The first-order valence-electron chi connectivity index (χ1n) is 8.83. The second-order valence-corrected chi connectivity index (χ2v) is 7.62. The summed E-state index contributed by atoms with van der Waals surface area (Å²) in [6.07, 6.45) is 0.985. The molecule has 3 nitrogen and oxygen atoms in total. The Balaban J connectivity index is 1.67. The second kappa shape index (κ2) is 6.29. The first kappa shape index (κ1) is 15.6. The van der Waals surface area contributed by atoms with Crippen molar-refractivity contribution in [3.63, 3.8) is 0 Å². The van der Waals surface area contributed by atoms with Gasteiger partial charge in [0.25, 0.3) is 0 Å². The second-order valence-electron chi connectivity index (χ2n) is 6.70. The van der Waals surface area contributed by atoms with Crippen LogP contribution in [0, 0.1) is 0 Å². The minimum Gasteiger partial charge on any atom is -0.349 e. The van der Waals surface area contributed by atoms with Crippen LogP contribution < -0.4 is 5.32 Å². The first-order valence-corrected chi connectivity index (χ1v) is 9.63. The maximum Gasteiger partial charge on any atom is 0.204 e. The maximum absolute atomic E-state index is 4.86. The van der Waals surface area contributed by atoms with E-state index in [1.54, 1.807) is 0 Å². The maximum atomic E-state index is 4.86. The van der Waals surface area contributed by atoms with Crippen LogP contribution in [-0.4, -0.2) is 9.55 Å². The van der Waals surface area contributed by atoms with Gasteiger partial charge in [-0.05, 0) is 41.8 Å². The Hall–Kier alpha value is -2.59. The highest BCUT2D eigenvalue weighted by atomic mass is 79.9. The van der Waals surface area contributed by atoms with Gasteiger partial charge in [0.15, 0.2) is 0 Å². The molecule has 0 spiro atoms. The van der Waals surface area contributed by atoms with Crippen LogP contribution in [0.25, 0.3) is 11.0 Å². The van der Waals surface area contributed by atoms with Gasteiger partial charge < -0.3 is 9.88 Å². The molecule has 1 N–H and O–H groups in total. The molecule has 4 aromatic rings. The molecule has 26 heavy (non-hydrogen) atoms. The van der Waals surface area contributed by atoms with Crippen molar-refractivity contribution >= 4 is 32.9 Å². The van der Waals surface area contributed by atoms with E-state index in [4.69, 9.17) is 4.98 Å². The fourth-order valence-corrected chi connectivity index (χ4v) is 4.14. The molecule has 0 saturated heterocycles. The Kier molecular flexibility index (Phi) is 3.79. The Bertz CT molecular complexity index is 1050. The lowest BCUT2D eigenvalue weighted by molar-refractivity contribution is 0.477. The minimum atomic E-state index is 0.245. The highest BCUT2D eigenvalue weighted by Gasteiger charge is 2.30. The summed E-state index contributed by atoms with van der Waals surface area (Å²) in [4.78, 5) is 4.86. The van der Waals surface area contributed by atoms with Gasteiger partial charge in [-0.1, -0.05) is 70.5 Å². The van der Waals surface area contributed by atoms with Crippen molar-refractivity contribution < 1.29 is 0 Å². The van der Waals surface area contributed by atoms with Crippen LogP contribution in [0.15, 0.2) is 83.3 Å². The molecule has 2 heterocycles. The molecule has 5 rings (SSSR count). The van der Waals surface area contributed by atoms with Crippen molar-refractivity contribution in [2.24, 2.45) is 0 Å². The van der Waals surface area contributed by atoms with E-state index in [9.17, 15) is 0 Å². The van der Waals surface area contributed by atoms with E-state index in [1.807, 2.05) is 6.07 Å². The van der Waals surface area contributed by atoms with Gasteiger partial charge in [0.1, 0.15) is 0 Å². The summed E-state index contributed by atoms with van der Waals surface area (Å²) in [7, 11) is 0. The van der Waals surface area contributed by atoms with E-state index in [0.29, 0.717) is 0 Å². The lowest BCUT2D eigenvalue weighted by atomic mass is 9.93. The van der Waals surface area contributed by atoms with Gasteiger partial charge in [0, 0.05) is 4.47 Å². The predicted molar refractivity (Wildman–Crippen MR) is 109 cm³/mol. The topological polar surface area (TPSA) is 29.9 Å². The number of para-hydroxylation sites is 2. The van der Waals surface area contributed by atoms with Crippen LogP contribution in [0.4, 0.5) is 5.95 Å². The molecule has 0 unspecified atom stereocenters. The van der Waals surface area contributed by atoms with Crippen LogP contribution >= 0.6 is 15.9 Å². The van der Waals surface area contributed by atoms with Crippen molar-refractivity contribution in [2.75, 3.05) is 5.32 Å². The van der Waals surface area contributed by atoms with Gasteiger partial charge in [-0.2, -0.15) is 0 Å². The predicted octanol–water partition coefficient (Wildman–Crippen LogP) is 5.95. The molecule has 1 aliphatic rings. The largest absolute Gasteiger partial charge is 0.349 e. The molecule has 4 heteroatoms. The van der Waals surface area contributed by atoms with E-state index in [0.717, 1.165) is 22.4 Å². The smallest absolute Gasteiger partial charge is 0.204 e. The van der Waals surface area contributed by atoms with Crippen molar-refractivity contribution in [2.45, 2.75) is 18.5 Å². The fraction of sp³-hybridized carbons (Fsp3) is 0.136. The molecule has 0 saturated carbocycles. The van der Waals surface area contributed by atoms with Gasteiger partial charge in [0.2, 0.25) is 5.95 Å². The Morgan fingerprint density at radius 3 is 2.38 bits per heavy atom. The van der Waals surface area contributed by atoms with Crippen LogP contribution in [-0.2, 0) is 0 Å². The summed E-state index contributed by atoms with van der Waals surface area (Å²) < 4.78 is 3.45. The zero-order valence-corrected chi connectivity index (χ0v) is 15.7. The highest BCUT2D eigenvalue weighted by molar-refractivity contribution is 9.10. The molecule has 3 aromatic carbocycles. The molecule has 1 aliphatic heterocycles. The quantitative estimate of drug-likeness (QED) is 0.448. The number of halogens is 1. The number of hydrogen-bond acceptors (Lipinski definition) is 2. The van der Waals surface area contributed by atoms with E-state index in [2.05, 4.69) is 98.6 Å². The first-order chi connectivity index (χ1) is 12.8. The van der Waals surface area contributed by atoms with E-state index >= 15 is 0 Å². The third-order valence-corrected chi connectivity index (χ3v) is 5.66. The van der Waals surface area contributed by atoms with Gasteiger partial charge in [-0.3, -0.25) is 0 Å². The molecule has 0 amide bonds. The van der Waals surface area contributed by atoms with Gasteiger partial charge in [0.05, 0.1) is 23.1 Å². The Morgan fingerprint density at radius 2 is 1.58 bits per heavy atom. The van der Waals surface area contributed by atoms with E-state index in [1.165, 1.54) is 16.6 Å². The van der Waals surface area contributed by atoms with Crippen LogP contribution in [0.5, 0.6) is 0 Å². The molecule has 128 valence electrons. The zero-order chi connectivity index (χ0) is 17.5. The number of nitrogens with zero attached hydrogens (tertiary/aromatic N) is 2. The monoisotopic (exact) mass is 403 g/mol. The fourth-order valence-electron chi connectivity index (χ4n) is 3.88. The summed E-state index contributed by atoms with van der Waals surface area (Å²) in [5.74, 6) is 0.944. The zero-order valence-electron chi connectivity index (χ0n) is 14.1. The standard InChI is InChI=1S/C22H18BrN3/c23-17-12-10-16(11-13-17)21-14-19(15-6-2-1-3-7-15)25-22-24-18-8-4-5-9-20(18)26(21)22/h1-13,19,21H,14H2,(H,24,25)/t19-,21-/m1/s1. The number of imidazole rings is 1. The van der Waals surface area contributed by atoms with Gasteiger partial charge in [-0.15, -0.1) is 0 Å². The Morgan fingerprint density at radius 1 is 0.846 bits per heavy atom. The molecule has 0 bridgehead atoms. The third kappa shape index (κ3) is 2.61. The Labute approximate surface area is 160 Å². The molecular formula is C22H18BrN3. The number of aromatic nitrogens is 2. The number of benzene rings is 3. The summed E-state index contributed by atoms with van der Waals surface area (Å²) in [6, 6.07) is 28.2. The van der Waals surface area contributed by atoms with Crippen molar-refractivity contribution in [3.8, 4) is 0 Å². The number of nitrogens with one attached hydrogen (secondary N) is 1. The number of fused-ring (bicyclic) bond motifs is 3. The lowest BCUT2D eigenvalue weighted by Gasteiger charge is -2.33. The number of rotatable bonds is 2. The highest BCUT2D eigenvalue weighted by Crippen LogP contribution is 2.41. The normalized spacial score (nSPS) is 19.1. The molecule has 0 fully saturated rings. The molecular weight excluding hydrogens is 386 g/mol. The SMILES string of the molecule is Brc1ccc([C@H]2C[C@H](c3ccccc3)Nc3nc4ccccc4n32)cc1. The van der Waals surface area contributed by atoms with E-state index in [-0.39, 0.29) is 12.1 Å². The number of anilines is 1. The summed E-state index contributed by atoms with van der Waals surface area (Å²) in [5, 5.41) is 3.66. The van der Waals surface area contributed by atoms with Crippen LogP contribution in [0.1, 0.15) is 29.6 Å². The molecule has 0 aliphatic carbocycles. The third-order valence-electron chi connectivity index (χ3n) is 5.13. The summed E-state index contributed by atoms with van der Waals surface area (Å²) in [6.45, 7) is 0. The molecule has 1 aromatic heterocycles. The van der Waals surface area contributed by atoms with Crippen molar-refractivity contribution in [1.82, 2.24) is 9.55 Å². The van der Waals surface area contributed by atoms with Crippen LogP contribution in [0.2, 0.25) is 0 Å². The van der Waals surface area contributed by atoms with Gasteiger partial charge in [-0.25, -0.2) is 4.98 Å². The van der Waals surface area contributed by atoms with E-state index < -0.39 is 0 Å². The van der Waals surface area contributed by atoms with Gasteiger partial charge >= 0.3 is 0 Å². The van der Waals surface area contributed by atoms with Crippen molar-refractivity contribution in [3.05, 3.63) is 94.5 Å². The van der Waals surface area contributed by atoms with Crippen LogP contribution in [0.3, 0.4) is 0 Å². The number of hydrogen-bond donors (Lipinski definition) is 1.